The van der Waals surface area contributed by atoms with Crippen LogP contribution in [0.5, 0.6) is 5.75 Å². The standard InChI is InChI=1S/C28H32N2O4S.C5H12O.C2H6/c1-20(2)21-8-6-9-22(18-21)23-14-15-28(29-19-23)35(32,33)30(3)26-12-5-4-10-25-24(26)11-7-13-27(25)34-17-16-31;1-5(2,3)6-4;1-2/h6-9,11,13-16,18-20,26H,4-5,10,12,17H2,1-3H3;1-4H3;1-2H3. The van der Waals surface area contributed by atoms with Gasteiger partial charge in [0.15, 0.2) is 11.3 Å². The minimum Gasteiger partial charge on any atom is -0.486 e. The van der Waals surface area contributed by atoms with Gasteiger partial charge in [-0.05, 0) is 86.4 Å². The van der Waals surface area contributed by atoms with E-state index in [1.807, 2.05) is 71.0 Å². The lowest BCUT2D eigenvalue weighted by Crippen LogP contribution is -2.32. The number of carbonyl (C=O) groups excluding carboxylic acids is 1. The molecule has 0 radical (unpaired) electrons. The van der Waals surface area contributed by atoms with Crippen molar-refractivity contribution in [2.75, 3.05) is 20.8 Å². The van der Waals surface area contributed by atoms with Crippen LogP contribution in [-0.4, -0.2) is 50.4 Å². The Morgan fingerprint density at radius 3 is 2.28 bits per heavy atom. The Hall–Kier alpha value is -3.07. The Balaban J connectivity index is 0.000000720. The van der Waals surface area contributed by atoms with Gasteiger partial charge in [0.05, 0.1) is 11.6 Å². The van der Waals surface area contributed by atoms with Gasteiger partial charge in [0.1, 0.15) is 12.4 Å². The van der Waals surface area contributed by atoms with Crippen molar-refractivity contribution in [1.29, 1.82) is 0 Å². The summed E-state index contributed by atoms with van der Waals surface area (Å²) in [5.74, 6) is 1.06. The summed E-state index contributed by atoms with van der Waals surface area (Å²) in [6.45, 7) is 14.3. The van der Waals surface area contributed by atoms with Gasteiger partial charge in [-0.15, -0.1) is 0 Å². The number of hydrogen-bond donors (Lipinski definition) is 0. The first-order valence-electron chi connectivity index (χ1n) is 15.2. The summed E-state index contributed by atoms with van der Waals surface area (Å²) in [5, 5.41) is 0.0305. The van der Waals surface area contributed by atoms with Crippen molar-refractivity contribution in [2.45, 2.75) is 96.7 Å². The van der Waals surface area contributed by atoms with Crippen LogP contribution in [0.3, 0.4) is 0 Å². The average Bonchev–Trinajstić information content (AvgIpc) is 3.23. The molecule has 1 aromatic heterocycles. The summed E-state index contributed by atoms with van der Waals surface area (Å²) in [5.41, 5.74) is 5.07. The average molecular weight is 611 g/mol. The summed E-state index contributed by atoms with van der Waals surface area (Å²) >= 11 is 0. The van der Waals surface area contributed by atoms with Crippen LogP contribution in [0.25, 0.3) is 11.1 Å². The van der Waals surface area contributed by atoms with Gasteiger partial charge in [-0.1, -0.05) is 70.5 Å². The first-order chi connectivity index (χ1) is 20.4. The molecule has 7 nitrogen and oxygen atoms in total. The van der Waals surface area contributed by atoms with Gasteiger partial charge in [0.25, 0.3) is 10.0 Å². The molecule has 1 aliphatic carbocycles. The zero-order valence-corrected chi connectivity index (χ0v) is 28.2. The molecule has 0 saturated heterocycles. The van der Waals surface area contributed by atoms with Crippen LogP contribution in [0.4, 0.5) is 0 Å². The van der Waals surface area contributed by atoms with E-state index in [4.69, 9.17) is 9.47 Å². The van der Waals surface area contributed by atoms with Crippen LogP contribution in [0, 0.1) is 0 Å². The summed E-state index contributed by atoms with van der Waals surface area (Å²) in [4.78, 5) is 15.2. The number of benzene rings is 2. The predicted octanol–water partition coefficient (Wildman–Crippen LogP) is 8.00. The van der Waals surface area contributed by atoms with Gasteiger partial charge in [0.2, 0.25) is 0 Å². The molecule has 8 heteroatoms. The van der Waals surface area contributed by atoms with E-state index in [1.54, 1.807) is 26.4 Å². The molecular formula is C35H50N2O5S. The minimum absolute atomic E-state index is 0.0222. The molecule has 0 fully saturated rings. The van der Waals surface area contributed by atoms with Gasteiger partial charge < -0.3 is 9.47 Å². The summed E-state index contributed by atoms with van der Waals surface area (Å²) in [7, 11) is -0.494. The van der Waals surface area contributed by atoms with Gasteiger partial charge in [-0.2, -0.15) is 4.31 Å². The molecule has 1 atom stereocenters. The zero-order chi connectivity index (χ0) is 32.2. The van der Waals surface area contributed by atoms with Gasteiger partial charge in [-0.25, -0.2) is 13.4 Å². The number of methoxy groups -OCH3 is 1. The lowest BCUT2D eigenvalue weighted by molar-refractivity contribution is -0.109. The number of nitrogens with zero attached hydrogens (tertiary/aromatic N) is 2. The summed E-state index contributed by atoms with van der Waals surface area (Å²) in [6, 6.07) is 17.0. The zero-order valence-electron chi connectivity index (χ0n) is 27.4. The van der Waals surface area contributed by atoms with Crippen LogP contribution in [0.1, 0.15) is 96.4 Å². The largest absolute Gasteiger partial charge is 0.486 e. The monoisotopic (exact) mass is 610 g/mol. The molecule has 0 spiro atoms. The Morgan fingerprint density at radius 2 is 1.70 bits per heavy atom. The number of hydrogen-bond acceptors (Lipinski definition) is 6. The van der Waals surface area contributed by atoms with Crippen molar-refractivity contribution < 1.29 is 22.7 Å². The molecule has 236 valence electrons. The Labute approximate surface area is 259 Å². The third-order valence-electron chi connectivity index (χ3n) is 7.31. The quantitative estimate of drug-likeness (QED) is 0.190. The predicted molar refractivity (Wildman–Crippen MR) is 175 cm³/mol. The highest BCUT2D eigenvalue weighted by Gasteiger charge is 2.33. The van der Waals surface area contributed by atoms with Crippen LogP contribution in [0.2, 0.25) is 0 Å². The summed E-state index contributed by atoms with van der Waals surface area (Å²) in [6.07, 6.45) is 5.67. The summed E-state index contributed by atoms with van der Waals surface area (Å²) < 4.78 is 39.2. The van der Waals surface area contributed by atoms with Gasteiger partial charge >= 0.3 is 0 Å². The van der Waals surface area contributed by atoms with Crippen molar-refractivity contribution in [3.63, 3.8) is 0 Å². The van der Waals surface area contributed by atoms with E-state index in [-0.39, 0.29) is 23.3 Å². The van der Waals surface area contributed by atoms with Crippen molar-refractivity contribution in [3.8, 4) is 16.9 Å². The molecule has 0 amide bonds. The molecule has 1 unspecified atom stereocenters. The van der Waals surface area contributed by atoms with E-state index < -0.39 is 10.0 Å². The molecule has 2 aromatic carbocycles. The number of fused-ring (bicyclic) bond motifs is 1. The SMILES string of the molecule is CC.CC(C)c1cccc(-c2ccc(S(=O)(=O)N(C)C3CCCCc4c(OCC=O)cccc43)nc2)c1.COC(C)(C)C. The Bertz CT molecular complexity index is 1400. The smallest absolute Gasteiger partial charge is 0.260 e. The Morgan fingerprint density at radius 1 is 1.02 bits per heavy atom. The lowest BCUT2D eigenvalue weighted by Gasteiger charge is -2.28. The van der Waals surface area contributed by atoms with E-state index >= 15 is 0 Å². The molecule has 1 aliphatic rings. The van der Waals surface area contributed by atoms with Crippen LogP contribution >= 0.6 is 0 Å². The maximum atomic E-state index is 13.6. The second-order valence-corrected chi connectivity index (χ2v) is 13.5. The molecule has 3 aromatic rings. The maximum Gasteiger partial charge on any atom is 0.260 e. The second-order valence-electron chi connectivity index (χ2n) is 11.6. The normalized spacial score (nSPS) is 14.9. The molecule has 4 rings (SSSR count). The maximum absolute atomic E-state index is 13.6. The number of pyridine rings is 1. The third-order valence-corrected chi connectivity index (χ3v) is 9.09. The Kier molecular flexibility index (Phi) is 14.0. The molecule has 43 heavy (non-hydrogen) atoms. The molecule has 0 saturated carbocycles. The van der Waals surface area contributed by atoms with E-state index in [2.05, 4.69) is 31.0 Å². The number of ether oxygens (including phenoxy) is 2. The molecule has 1 heterocycles. The first-order valence-corrected chi connectivity index (χ1v) is 16.6. The van der Waals surface area contributed by atoms with Crippen LogP contribution in [0.15, 0.2) is 65.8 Å². The highest BCUT2D eigenvalue weighted by Crippen LogP contribution is 2.39. The van der Waals surface area contributed by atoms with Crippen molar-refractivity contribution in [2.24, 2.45) is 0 Å². The highest BCUT2D eigenvalue weighted by molar-refractivity contribution is 7.89. The van der Waals surface area contributed by atoms with Crippen molar-refractivity contribution >= 4 is 16.3 Å². The number of aldehydes is 1. The van der Waals surface area contributed by atoms with E-state index in [9.17, 15) is 13.2 Å². The first kappa shape index (κ1) is 36.1. The van der Waals surface area contributed by atoms with Crippen LogP contribution in [-0.2, 0) is 26.0 Å². The van der Waals surface area contributed by atoms with Gasteiger partial charge in [0, 0.05) is 25.9 Å². The fourth-order valence-corrected chi connectivity index (χ4v) is 5.97. The number of rotatable bonds is 8. The molecular weight excluding hydrogens is 560 g/mol. The minimum atomic E-state index is -3.82. The fraction of sp³-hybridized carbons (Fsp3) is 0.486. The van der Waals surface area contributed by atoms with E-state index in [0.717, 1.165) is 47.8 Å². The van der Waals surface area contributed by atoms with E-state index in [1.165, 1.54) is 9.87 Å². The fourth-order valence-electron chi connectivity index (χ4n) is 4.69. The third kappa shape index (κ3) is 9.98. The second kappa shape index (κ2) is 16.7. The number of sulfonamides is 1. The highest BCUT2D eigenvalue weighted by atomic mass is 32.2. The number of carbonyl (C=O) groups is 1. The molecule has 0 bridgehead atoms. The van der Waals surface area contributed by atoms with E-state index in [0.29, 0.717) is 18.1 Å². The van der Waals surface area contributed by atoms with Crippen molar-refractivity contribution in [3.05, 3.63) is 77.5 Å². The number of aromatic nitrogens is 1. The topological polar surface area (TPSA) is 85.8 Å². The molecule has 0 aliphatic heterocycles. The van der Waals surface area contributed by atoms with Crippen molar-refractivity contribution in [1.82, 2.24) is 9.29 Å². The molecule has 0 N–H and O–H groups in total. The van der Waals surface area contributed by atoms with Gasteiger partial charge in [-0.3, -0.25) is 4.79 Å². The lowest BCUT2D eigenvalue weighted by atomic mass is 9.98. The van der Waals surface area contributed by atoms with Crippen LogP contribution < -0.4 is 4.74 Å².